The van der Waals surface area contributed by atoms with Gasteiger partial charge in [-0.15, -0.1) is 0 Å². The van der Waals surface area contributed by atoms with Crippen LogP contribution in [0.4, 0.5) is 0 Å². The van der Waals surface area contributed by atoms with Gasteiger partial charge < -0.3 is 8.98 Å². The molecule has 7 aromatic carbocycles. The van der Waals surface area contributed by atoms with Crippen LogP contribution in [0, 0.1) is 13.8 Å². The van der Waals surface area contributed by atoms with Gasteiger partial charge in [0, 0.05) is 38.2 Å². The molecular formula is C47H32N4O. The highest BCUT2D eigenvalue weighted by Crippen LogP contribution is 2.41. The van der Waals surface area contributed by atoms with E-state index in [1.54, 1.807) is 0 Å². The lowest BCUT2D eigenvalue weighted by atomic mass is 9.96. The standard InChI is InChI=1S/C47H32N4O/c1-29-20-23-35-36-24-21-30(2)27-41(36)51(40(35)26-29)39-25-22-33(34-17-11-19-43-44(34)37-16-9-10-18-42(37)52-43)28-38(39)47-49-45(31-12-5-3-6-13-31)48-46(50-47)32-14-7-4-8-15-32/h3-28H,1-2H3. The first-order valence-electron chi connectivity index (χ1n) is 17.5. The number of furan rings is 1. The van der Waals surface area contributed by atoms with Crippen LogP contribution < -0.4 is 0 Å². The predicted octanol–water partition coefficient (Wildman–Crippen LogP) is 12.2. The minimum Gasteiger partial charge on any atom is -0.456 e. The van der Waals surface area contributed by atoms with Gasteiger partial charge in [-0.25, -0.2) is 15.0 Å². The van der Waals surface area contributed by atoms with E-state index in [0.717, 1.165) is 66.5 Å². The summed E-state index contributed by atoms with van der Waals surface area (Å²) in [6.45, 7) is 4.30. The Bertz CT molecular complexity index is 2860. The molecule has 52 heavy (non-hydrogen) atoms. The van der Waals surface area contributed by atoms with Crippen LogP contribution in [0.25, 0.3) is 94.7 Å². The van der Waals surface area contributed by atoms with Gasteiger partial charge in [0.2, 0.25) is 0 Å². The molecule has 0 aliphatic carbocycles. The maximum Gasteiger partial charge on any atom is 0.166 e. The number of aromatic nitrogens is 4. The Morgan fingerprint density at radius 3 is 1.65 bits per heavy atom. The van der Waals surface area contributed by atoms with Crippen molar-refractivity contribution >= 4 is 43.7 Å². The van der Waals surface area contributed by atoms with Gasteiger partial charge in [-0.3, -0.25) is 0 Å². The summed E-state index contributed by atoms with van der Waals surface area (Å²) in [4.78, 5) is 15.5. The molecule has 10 rings (SSSR count). The zero-order chi connectivity index (χ0) is 34.8. The summed E-state index contributed by atoms with van der Waals surface area (Å²) in [7, 11) is 0. The largest absolute Gasteiger partial charge is 0.456 e. The van der Waals surface area contributed by atoms with Crippen LogP contribution in [0.3, 0.4) is 0 Å². The predicted molar refractivity (Wildman–Crippen MR) is 213 cm³/mol. The molecule has 0 saturated heterocycles. The van der Waals surface area contributed by atoms with Gasteiger partial charge in [0.15, 0.2) is 17.5 Å². The molecule has 0 amide bonds. The molecule has 246 valence electrons. The van der Waals surface area contributed by atoms with Gasteiger partial charge >= 0.3 is 0 Å². The lowest BCUT2D eigenvalue weighted by molar-refractivity contribution is 0.669. The van der Waals surface area contributed by atoms with Gasteiger partial charge in [-0.2, -0.15) is 0 Å². The molecule has 0 aliphatic rings. The zero-order valence-corrected chi connectivity index (χ0v) is 28.7. The Hall–Kier alpha value is -6.85. The normalized spacial score (nSPS) is 11.7. The second kappa shape index (κ2) is 11.9. The van der Waals surface area contributed by atoms with Gasteiger partial charge in [0.1, 0.15) is 11.2 Å². The zero-order valence-electron chi connectivity index (χ0n) is 28.7. The van der Waals surface area contributed by atoms with E-state index in [1.807, 2.05) is 54.6 Å². The van der Waals surface area contributed by atoms with Crippen molar-refractivity contribution in [2.24, 2.45) is 0 Å². The van der Waals surface area contributed by atoms with E-state index in [2.05, 4.69) is 122 Å². The summed E-state index contributed by atoms with van der Waals surface area (Å²) in [5, 5.41) is 4.59. The number of fused-ring (bicyclic) bond motifs is 6. The van der Waals surface area contributed by atoms with E-state index in [4.69, 9.17) is 19.4 Å². The summed E-state index contributed by atoms with van der Waals surface area (Å²) >= 11 is 0. The van der Waals surface area contributed by atoms with Crippen molar-refractivity contribution < 1.29 is 4.42 Å². The summed E-state index contributed by atoms with van der Waals surface area (Å²) in [6, 6.07) is 54.9. The first-order chi connectivity index (χ1) is 25.6. The topological polar surface area (TPSA) is 56.7 Å². The smallest absolute Gasteiger partial charge is 0.166 e. The summed E-state index contributed by atoms with van der Waals surface area (Å²) in [5.74, 6) is 1.85. The molecular weight excluding hydrogens is 637 g/mol. The molecule has 10 aromatic rings. The van der Waals surface area contributed by atoms with E-state index in [0.29, 0.717) is 17.5 Å². The lowest BCUT2D eigenvalue weighted by Gasteiger charge is -2.17. The Labute approximate surface area is 300 Å². The fourth-order valence-electron chi connectivity index (χ4n) is 7.52. The average Bonchev–Trinajstić information content (AvgIpc) is 3.73. The monoisotopic (exact) mass is 668 g/mol. The number of rotatable bonds is 5. The molecule has 0 unspecified atom stereocenters. The molecule has 0 saturated carbocycles. The molecule has 3 aromatic heterocycles. The second-order valence-electron chi connectivity index (χ2n) is 13.4. The summed E-state index contributed by atoms with van der Waals surface area (Å²) in [6.07, 6.45) is 0. The highest BCUT2D eigenvalue weighted by molar-refractivity contribution is 6.13. The lowest BCUT2D eigenvalue weighted by Crippen LogP contribution is -2.04. The first kappa shape index (κ1) is 30.0. The molecule has 3 heterocycles. The minimum atomic E-state index is 0.601. The molecule has 0 atom stereocenters. The number of hydrogen-bond donors (Lipinski definition) is 0. The summed E-state index contributed by atoms with van der Waals surface area (Å²) in [5.41, 5.74) is 12.3. The quantitative estimate of drug-likeness (QED) is 0.183. The molecule has 0 bridgehead atoms. The second-order valence-corrected chi connectivity index (χ2v) is 13.4. The van der Waals surface area contributed by atoms with Crippen molar-refractivity contribution in [1.82, 2.24) is 19.5 Å². The number of aryl methyl sites for hydroxylation is 2. The highest BCUT2D eigenvalue weighted by atomic mass is 16.3. The number of hydrogen-bond acceptors (Lipinski definition) is 4. The fourth-order valence-corrected chi connectivity index (χ4v) is 7.52. The van der Waals surface area contributed by atoms with Gasteiger partial charge in [0.25, 0.3) is 0 Å². The van der Waals surface area contributed by atoms with Crippen molar-refractivity contribution in [3.05, 3.63) is 169 Å². The molecule has 0 radical (unpaired) electrons. The molecule has 0 spiro atoms. The Balaban J connectivity index is 1.32. The maximum atomic E-state index is 6.32. The van der Waals surface area contributed by atoms with E-state index in [-0.39, 0.29) is 0 Å². The van der Waals surface area contributed by atoms with Crippen LogP contribution >= 0.6 is 0 Å². The fraction of sp³-hybridized carbons (Fsp3) is 0.0426. The number of benzene rings is 7. The highest BCUT2D eigenvalue weighted by Gasteiger charge is 2.22. The number of para-hydroxylation sites is 1. The van der Waals surface area contributed by atoms with Gasteiger partial charge in [-0.05, 0) is 72.5 Å². The van der Waals surface area contributed by atoms with Gasteiger partial charge in [-0.1, -0.05) is 121 Å². The first-order valence-corrected chi connectivity index (χ1v) is 17.5. The van der Waals surface area contributed by atoms with Crippen molar-refractivity contribution in [3.8, 4) is 51.0 Å². The molecule has 5 nitrogen and oxygen atoms in total. The average molecular weight is 669 g/mol. The number of nitrogens with zero attached hydrogens (tertiary/aromatic N) is 4. The SMILES string of the molecule is Cc1ccc2c3ccc(C)cc3n(-c3ccc(-c4cccc5oc6ccccc6c45)cc3-c3nc(-c4ccccc4)nc(-c4ccccc4)n3)c2c1. The van der Waals surface area contributed by atoms with E-state index in [1.165, 1.54) is 21.9 Å². The van der Waals surface area contributed by atoms with Crippen molar-refractivity contribution in [2.75, 3.05) is 0 Å². The van der Waals surface area contributed by atoms with E-state index >= 15 is 0 Å². The Kier molecular flexibility index (Phi) is 6.86. The third kappa shape index (κ3) is 4.89. The van der Waals surface area contributed by atoms with Crippen LogP contribution in [0.2, 0.25) is 0 Å². The van der Waals surface area contributed by atoms with Crippen LogP contribution in [0.5, 0.6) is 0 Å². The van der Waals surface area contributed by atoms with Crippen molar-refractivity contribution in [1.29, 1.82) is 0 Å². The van der Waals surface area contributed by atoms with Crippen molar-refractivity contribution in [3.63, 3.8) is 0 Å². The van der Waals surface area contributed by atoms with E-state index < -0.39 is 0 Å². The van der Waals surface area contributed by atoms with Gasteiger partial charge in [0.05, 0.1) is 16.7 Å². The summed E-state index contributed by atoms with van der Waals surface area (Å²) < 4.78 is 8.70. The Morgan fingerprint density at radius 2 is 1.00 bits per heavy atom. The molecule has 0 fully saturated rings. The third-order valence-corrected chi connectivity index (χ3v) is 9.97. The van der Waals surface area contributed by atoms with Crippen LogP contribution in [-0.2, 0) is 0 Å². The van der Waals surface area contributed by atoms with Crippen LogP contribution in [-0.4, -0.2) is 19.5 Å². The third-order valence-electron chi connectivity index (χ3n) is 9.97. The van der Waals surface area contributed by atoms with Crippen molar-refractivity contribution in [2.45, 2.75) is 13.8 Å². The minimum absolute atomic E-state index is 0.601. The molecule has 0 aliphatic heterocycles. The molecule has 5 heteroatoms. The van der Waals surface area contributed by atoms with Crippen LogP contribution in [0.15, 0.2) is 162 Å². The maximum absolute atomic E-state index is 6.32. The van der Waals surface area contributed by atoms with Crippen LogP contribution in [0.1, 0.15) is 11.1 Å². The Morgan fingerprint density at radius 1 is 0.423 bits per heavy atom. The van der Waals surface area contributed by atoms with E-state index in [9.17, 15) is 0 Å². The molecule has 0 N–H and O–H groups in total.